The molecule has 2 aromatic rings. The zero-order valence-corrected chi connectivity index (χ0v) is 15.8. The van der Waals surface area contributed by atoms with Crippen molar-refractivity contribution in [2.24, 2.45) is 5.92 Å². The smallest absolute Gasteiger partial charge is 0.257 e. The van der Waals surface area contributed by atoms with Gasteiger partial charge in [0.05, 0.1) is 29.2 Å². The van der Waals surface area contributed by atoms with Crippen LogP contribution in [0, 0.1) is 23.1 Å². The Morgan fingerprint density at radius 2 is 2.29 bits per heavy atom. The van der Waals surface area contributed by atoms with Crippen LogP contribution in [0.1, 0.15) is 31.0 Å². The maximum atomic E-state index is 13.3. The van der Waals surface area contributed by atoms with Crippen molar-refractivity contribution in [2.75, 3.05) is 13.2 Å². The number of nitriles is 1. The molecule has 1 N–H and O–H groups in total. The lowest BCUT2D eigenvalue weighted by atomic mass is 9.82. The lowest BCUT2D eigenvalue weighted by Crippen LogP contribution is -2.29. The Labute approximate surface area is 166 Å². The van der Waals surface area contributed by atoms with Crippen LogP contribution in [0.2, 0.25) is 5.02 Å². The Morgan fingerprint density at radius 1 is 1.50 bits per heavy atom. The third-order valence-corrected chi connectivity index (χ3v) is 4.81. The molecule has 28 heavy (non-hydrogen) atoms. The highest BCUT2D eigenvalue weighted by atomic mass is 35.5. The molecule has 0 aliphatic heterocycles. The molecule has 7 nitrogen and oxygen atoms in total. The van der Waals surface area contributed by atoms with Gasteiger partial charge in [-0.25, -0.2) is 4.39 Å². The van der Waals surface area contributed by atoms with Crippen molar-refractivity contribution in [2.45, 2.75) is 25.3 Å². The van der Waals surface area contributed by atoms with Crippen LogP contribution in [0.25, 0.3) is 5.57 Å². The van der Waals surface area contributed by atoms with Crippen molar-refractivity contribution in [3.63, 3.8) is 0 Å². The Balaban J connectivity index is 1.38. The van der Waals surface area contributed by atoms with Gasteiger partial charge in [0.15, 0.2) is 6.61 Å². The van der Waals surface area contributed by atoms with Crippen LogP contribution in [0.5, 0.6) is 5.75 Å². The normalized spacial score (nSPS) is 18.0. The van der Waals surface area contributed by atoms with E-state index in [0.717, 1.165) is 24.5 Å². The lowest BCUT2D eigenvalue weighted by Gasteiger charge is -2.29. The number of aromatic nitrogens is 3. The van der Waals surface area contributed by atoms with Gasteiger partial charge in [-0.3, -0.25) is 4.79 Å². The first-order chi connectivity index (χ1) is 13.5. The zero-order valence-electron chi connectivity index (χ0n) is 15.1. The number of ether oxygens (including phenoxy) is 1. The largest absolute Gasteiger partial charge is 0.484 e. The molecule has 1 fully saturated rings. The van der Waals surface area contributed by atoms with Gasteiger partial charge in [-0.05, 0) is 37.0 Å². The van der Waals surface area contributed by atoms with Crippen molar-refractivity contribution >= 4 is 23.1 Å². The third-order valence-electron chi connectivity index (χ3n) is 4.50. The minimum Gasteiger partial charge on any atom is -0.484 e. The summed E-state index contributed by atoms with van der Waals surface area (Å²) in [5.74, 6) is -0.616. The van der Waals surface area contributed by atoms with E-state index in [0.29, 0.717) is 18.7 Å². The molecule has 0 radical (unpaired) electrons. The molecular weight excluding hydrogens is 385 g/mol. The van der Waals surface area contributed by atoms with E-state index in [4.69, 9.17) is 21.6 Å². The fraction of sp³-hybridized carbons (Fsp3) is 0.368. The van der Waals surface area contributed by atoms with Crippen molar-refractivity contribution in [1.82, 2.24) is 20.3 Å². The van der Waals surface area contributed by atoms with E-state index < -0.39 is 5.82 Å². The van der Waals surface area contributed by atoms with Crippen LogP contribution in [0.4, 0.5) is 4.39 Å². The Morgan fingerprint density at radius 3 is 3.00 bits per heavy atom. The summed E-state index contributed by atoms with van der Waals surface area (Å²) in [4.78, 5) is 13.5. The molecule has 1 saturated carbocycles. The molecule has 3 rings (SSSR count). The maximum absolute atomic E-state index is 13.3. The molecule has 1 aliphatic carbocycles. The van der Waals surface area contributed by atoms with Crippen LogP contribution in [-0.4, -0.2) is 34.1 Å². The van der Waals surface area contributed by atoms with E-state index in [9.17, 15) is 9.18 Å². The molecule has 1 aromatic carbocycles. The van der Waals surface area contributed by atoms with E-state index >= 15 is 0 Å². The number of rotatable bonds is 8. The summed E-state index contributed by atoms with van der Waals surface area (Å²) in [7, 11) is 0. The van der Waals surface area contributed by atoms with Gasteiger partial charge in [0.2, 0.25) is 0 Å². The highest BCUT2D eigenvalue weighted by Crippen LogP contribution is 2.36. The molecular formula is C19H19ClFN5O2. The molecule has 0 bridgehead atoms. The standard InChI is InChI=1S/C19H19ClFN5O2/c1-12(18-10-24-26(25-18)14-6-13(7-14)9-22)4-5-23-19(27)11-28-15-2-3-16(20)17(21)8-15/h2-3,8,10,13-14H,1,4-7,11H2,(H,23,27). The Bertz CT molecular complexity index is 917. The van der Waals surface area contributed by atoms with Gasteiger partial charge in [0.25, 0.3) is 5.91 Å². The molecule has 0 spiro atoms. The minimum atomic E-state index is -0.603. The first-order valence-electron chi connectivity index (χ1n) is 8.80. The number of carbonyl (C=O) groups excluding carboxylic acids is 1. The first kappa shape index (κ1) is 19.8. The summed E-state index contributed by atoms with van der Waals surface area (Å²) >= 11 is 5.59. The molecule has 1 amide bonds. The average molecular weight is 404 g/mol. The summed E-state index contributed by atoms with van der Waals surface area (Å²) in [5.41, 5.74) is 1.42. The quantitative estimate of drug-likeness (QED) is 0.730. The third kappa shape index (κ3) is 4.87. The number of benzene rings is 1. The van der Waals surface area contributed by atoms with Crippen molar-refractivity contribution in [1.29, 1.82) is 5.26 Å². The molecule has 9 heteroatoms. The molecule has 0 saturated heterocycles. The maximum Gasteiger partial charge on any atom is 0.257 e. The summed E-state index contributed by atoms with van der Waals surface area (Å²) in [6.45, 7) is 4.11. The van der Waals surface area contributed by atoms with E-state index in [1.807, 2.05) is 0 Å². The number of halogens is 2. The SMILES string of the molecule is C=C(CCNC(=O)COc1ccc(Cl)c(F)c1)c1cnn(C2CC(C#N)C2)n1. The molecule has 1 aliphatic rings. The van der Waals surface area contributed by atoms with Gasteiger partial charge in [-0.1, -0.05) is 18.2 Å². The van der Waals surface area contributed by atoms with Crippen LogP contribution < -0.4 is 10.1 Å². The fourth-order valence-corrected chi connectivity index (χ4v) is 2.86. The zero-order chi connectivity index (χ0) is 20.1. The van der Waals surface area contributed by atoms with Crippen molar-refractivity contribution < 1.29 is 13.9 Å². The minimum absolute atomic E-state index is 0.00515. The molecule has 1 heterocycles. The average Bonchev–Trinajstić information content (AvgIpc) is 3.11. The van der Waals surface area contributed by atoms with Crippen LogP contribution in [-0.2, 0) is 4.79 Å². The van der Waals surface area contributed by atoms with Gasteiger partial charge in [0, 0.05) is 12.6 Å². The summed E-state index contributed by atoms with van der Waals surface area (Å²) < 4.78 is 18.6. The van der Waals surface area contributed by atoms with Gasteiger partial charge in [0.1, 0.15) is 17.3 Å². The van der Waals surface area contributed by atoms with Gasteiger partial charge >= 0.3 is 0 Å². The summed E-state index contributed by atoms with van der Waals surface area (Å²) in [6, 6.07) is 6.39. The Kier molecular flexibility index (Phi) is 6.26. The number of nitrogens with zero attached hydrogens (tertiary/aromatic N) is 4. The molecule has 0 unspecified atom stereocenters. The second-order valence-electron chi connectivity index (χ2n) is 6.57. The van der Waals surface area contributed by atoms with E-state index in [1.165, 1.54) is 12.1 Å². The van der Waals surface area contributed by atoms with Gasteiger partial charge in [-0.2, -0.15) is 20.3 Å². The predicted molar refractivity (Wildman–Crippen MR) is 101 cm³/mol. The second-order valence-corrected chi connectivity index (χ2v) is 6.98. The van der Waals surface area contributed by atoms with Crippen molar-refractivity contribution in [3.8, 4) is 11.8 Å². The highest BCUT2D eigenvalue weighted by Gasteiger charge is 2.32. The number of nitrogens with one attached hydrogen (secondary N) is 1. The number of amides is 1. The van der Waals surface area contributed by atoms with Crippen LogP contribution >= 0.6 is 11.6 Å². The fourth-order valence-electron chi connectivity index (χ4n) is 2.74. The molecule has 0 atom stereocenters. The highest BCUT2D eigenvalue weighted by molar-refractivity contribution is 6.30. The first-order valence-corrected chi connectivity index (χ1v) is 9.18. The predicted octanol–water partition coefficient (Wildman–Crippen LogP) is 3.14. The molecule has 1 aromatic heterocycles. The number of hydrogen-bond donors (Lipinski definition) is 1. The van der Waals surface area contributed by atoms with E-state index in [2.05, 4.69) is 28.2 Å². The van der Waals surface area contributed by atoms with E-state index in [1.54, 1.807) is 11.0 Å². The van der Waals surface area contributed by atoms with Crippen molar-refractivity contribution in [3.05, 3.63) is 47.5 Å². The topological polar surface area (TPSA) is 92.8 Å². The van der Waals surface area contributed by atoms with Gasteiger partial charge in [-0.15, -0.1) is 0 Å². The second kappa shape index (κ2) is 8.85. The molecule has 146 valence electrons. The van der Waals surface area contributed by atoms with Crippen LogP contribution in [0.15, 0.2) is 31.0 Å². The summed E-state index contributed by atoms with van der Waals surface area (Å²) in [6.07, 6.45) is 3.68. The Hall–Kier alpha value is -2.92. The van der Waals surface area contributed by atoms with Gasteiger partial charge < -0.3 is 10.1 Å². The summed E-state index contributed by atoms with van der Waals surface area (Å²) in [5, 5.41) is 20.2. The lowest BCUT2D eigenvalue weighted by molar-refractivity contribution is -0.123. The van der Waals surface area contributed by atoms with E-state index in [-0.39, 0.29) is 35.2 Å². The monoisotopic (exact) mass is 403 g/mol. The number of hydrogen-bond acceptors (Lipinski definition) is 5. The number of carbonyl (C=O) groups is 1. The van der Waals surface area contributed by atoms with Crippen LogP contribution in [0.3, 0.4) is 0 Å².